The number of carbonyl (C=O) groups is 1. The lowest BCUT2D eigenvalue weighted by atomic mass is 10.1. The summed E-state index contributed by atoms with van der Waals surface area (Å²) in [5.74, 6) is 0.973. The van der Waals surface area contributed by atoms with E-state index in [0.29, 0.717) is 24.7 Å². The maximum atomic E-state index is 12.0. The second kappa shape index (κ2) is 8.23. The van der Waals surface area contributed by atoms with E-state index >= 15 is 0 Å². The van der Waals surface area contributed by atoms with E-state index in [9.17, 15) is 10.1 Å². The van der Waals surface area contributed by atoms with Gasteiger partial charge in [-0.3, -0.25) is 4.79 Å². The van der Waals surface area contributed by atoms with E-state index in [1.54, 1.807) is 18.2 Å². The van der Waals surface area contributed by atoms with Crippen LogP contribution in [-0.4, -0.2) is 25.2 Å². The van der Waals surface area contributed by atoms with Gasteiger partial charge in [0.15, 0.2) is 11.5 Å². The molecule has 23 heavy (non-hydrogen) atoms. The number of nitriles is 1. The highest BCUT2D eigenvalue weighted by Crippen LogP contribution is 2.29. The predicted octanol–water partition coefficient (Wildman–Crippen LogP) is 3.06. The van der Waals surface area contributed by atoms with Crippen LogP contribution >= 0.6 is 0 Å². The van der Waals surface area contributed by atoms with E-state index in [-0.39, 0.29) is 17.5 Å². The van der Waals surface area contributed by atoms with Crippen molar-refractivity contribution < 1.29 is 14.3 Å². The SMILES string of the molecule is CCCOc1ccc(/C=C(\C#N)C(=O)NC2CC2)cc1OCC. The van der Waals surface area contributed by atoms with E-state index in [0.717, 1.165) is 24.8 Å². The van der Waals surface area contributed by atoms with Crippen molar-refractivity contribution in [3.05, 3.63) is 29.3 Å². The number of nitrogens with one attached hydrogen (secondary N) is 1. The zero-order chi connectivity index (χ0) is 16.7. The molecule has 5 heteroatoms. The Labute approximate surface area is 136 Å². The number of nitrogens with zero attached hydrogens (tertiary/aromatic N) is 1. The van der Waals surface area contributed by atoms with Crippen molar-refractivity contribution in [3.8, 4) is 17.6 Å². The highest BCUT2D eigenvalue weighted by Gasteiger charge is 2.24. The molecule has 0 unspecified atom stereocenters. The first-order valence-corrected chi connectivity index (χ1v) is 8.00. The van der Waals surface area contributed by atoms with Gasteiger partial charge in [0.05, 0.1) is 13.2 Å². The molecule has 122 valence electrons. The Morgan fingerprint density at radius 2 is 2.13 bits per heavy atom. The molecule has 0 radical (unpaired) electrons. The minimum atomic E-state index is -0.320. The molecule has 1 saturated carbocycles. The Bertz CT molecular complexity index is 628. The van der Waals surface area contributed by atoms with E-state index < -0.39 is 0 Å². The molecule has 1 aliphatic rings. The Balaban J connectivity index is 2.19. The minimum absolute atomic E-state index is 0.0987. The van der Waals surface area contributed by atoms with Crippen molar-refractivity contribution in [1.29, 1.82) is 5.26 Å². The molecule has 0 bridgehead atoms. The van der Waals surface area contributed by atoms with Crippen LogP contribution < -0.4 is 14.8 Å². The summed E-state index contributed by atoms with van der Waals surface area (Å²) in [4.78, 5) is 12.0. The summed E-state index contributed by atoms with van der Waals surface area (Å²) in [6.45, 7) is 5.07. The Hall–Kier alpha value is -2.48. The molecule has 0 aliphatic heterocycles. The molecule has 0 saturated heterocycles. The monoisotopic (exact) mass is 314 g/mol. The van der Waals surface area contributed by atoms with Crippen LogP contribution in [0.4, 0.5) is 0 Å². The predicted molar refractivity (Wildman–Crippen MR) is 88.2 cm³/mol. The van der Waals surface area contributed by atoms with Crippen molar-refractivity contribution in [3.63, 3.8) is 0 Å². The van der Waals surface area contributed by atoms with Gasteiger partial charge >= 0.3 is 0 Å². The van der Waals surface area contributed by atoms with Crippen molar-refractivity contribution in [2.45, 2.75) is 39.2 Å². The van der Waals surface area contributed by atoms with Gasteiger partial charge in [-0.2, -0.15) is 5.26 Å². The number of rotatable bonds is 8. The smallest absolute Gasteiger partial charge is 0.262 e. The van der Waals surface area contributed by atoms with Gasteiger partial charge < -0.3 is 14.8 Å². The van der Waals surface area contributed by atoms with Crippen LogP contribution in [-0.2, 0) is 4.79 Å². The molecule has 2 rings (SSSR count). The summed E-state index contributed by atoms with van der Waals surface area (Å²) in [6, 6.07) is 7.59. The lowest BCUT2D eigenvalue weighted by molar-refractivity contribution is -0.117. The summed E-state index contributed by atoms with van der Waals surface area (Å²) in [5, 5.41) is 12.0. The quantitative estimate of drug-likeness (QED) is 0.591. The van der Waals surface area contributed by atoms with Crippen molar-refractivity contribution >= 4 is 12.0 Å². The third-order valence-corrected chi connectivity index (χ3v) is 3.32. The summed E-state index contributed by atoms with van der Waals surface area (Å²) in [6.07, 6.45) is 4.46. The van der Waals surface area contributed by atoms with E-state index in [4.69, 9.17) is 9.47 Å². The maximum Gasteiger partial charge on any atom is 0.262 e. The maximum absolute atomic E-state index is 12.0. The molecular weight excluding hydrogens is 292 g/mol. The third-order valence-electron chi connectivity index (χ3n) is 3.32. The number of ether oxygens (including phenoxy) is 2. The van der Waals surface area contributed by atoms with Gasteiger partial charge in [0, 0.05) is 6.04 Å². The molecule has 1 N–H and O–H groups in total. The van der Waals surface area contributed by atoms with Crippen LogP contribution in [0.3, 0.4) is 0 Å². The number of benzene rings is 1. The van der Waals surface area contributed by atoms with Crippen molar-refractivity contribution in [2.24, 2.45) is 0 Å². The van der Waals surface area contributed by atoms with Gasteiger partial charge in [-0.1, -0.05) is 13.0 Å². The highest BCUT2D eigenvalue weighted by molar-refractivity contribution is 6.02. The van der Waals surface area contributed by atoms with E-state index in [2.05, 4.69) is 5.32 Å². The van der Waals surface area contributed by atoms with Gasteiger partial charge in [-0.05, 0) is 50.0 Å². The molecule has 1 aliphatic carbocycles. The number of amides is 1. The number of carbonyl (C=O) groups excluding carboxylic acids is 1. The lowest BCUT2D eigenvalue weighted by Crippen LogP contribution is -2.26. The van der Waals surface area contributed by atoms with E-state index in [1.807, 2.05) is 26.0 Å². The van der Waals surface area contributed by atoms with Gasteiger partial charge in [0.1, 0.15) is 11.6 Å². The molecule has 0 atom stereocenters. The normalized spacial score (nSPS) is 14.0. The molecule has 0 spiro atoms. The fourth-order valence-corrected chi connectivity index (χ4v) is 2.02. The summed E-state index contributed by atoms with van der Waals surface area (Å²) in [5.41, 5.74) is 0.835. The number of hydrogen-bond donors (Lipinski definition) is 1. The first kappa shape index (κ1) is 16.9. The molecule has 0 aromatic heterocycles. The van der Waals surface area contributed by atoms with E-state index in [1.165, 1.54) is 0 Å². The summed E-state index contributed by atoms with van der Waals surface area (Å²) in [7, 11) is 0. The first-order chi connectivity index (χ1) is 11.2. The van der Waals surface area contributed by atoms with Gasteiger partial charge in [0.25, 0.3) is 5.91 Å². The molecule has 1 fully saturated rings. The van der Waals surface area contributed by atoms with Crippen molar-refractivity contribution in [1.82, 2.24) is 5.32 Å². The second-order valence-corrected chi connectivity index (χ2v) is 5.41. The van der Waals surface area contributed by atoms with Crippen LogP contribution in [0, 0.1) is 11.3 Å². The van der Waals surface area contributed by atoms with Crippen LogP contribution in [0.2, 0.25) is 0 Å². The average Bonchev–Trinajstić information content (AvgIpc) is 3.36. The average molecular weight is 314 g/mol. The second-order valence-electron chi connectivity index (χ2n) is 5.41. The van der Waals surface area contributed by atoms with Crippen molar-refractivity contribution in [2.75, 3.05) is 13.2 Å². The molecule has 5 nitrogen and oxygen atoms in total. The van der Waals surface area contributed by atoms with Crippen LogP contribution in [0.15, 0.2) is 23.8 Å². The molecule has 1 aromatic carbocycles. The zero-order valence-electron chi connectivity index (χ0n) is 13.6. The zero-order valence-corrected chi connectivity index (χ0v) is 13.6. The first-order valence-electron chi connectivity index (χ1n) is 8.00. The van der Waals surface area contributed by atoms with Gasteiger partial charge in [0.2, 0.25) is 0 Å². The molecule has 0 heterocycles. The largest absolute Gasteiger partial charge is 0.490 e. The molecule has 1 amide bonds. The standard InChI is InChI=1S/C18H22N2O3/c1-3-9-23-16-8-5-13(11-17(16)22-4-2)10-14(12-19)18(21)20-15-6-7-15/h5,8,10-11,15H,3-4,6-7,9H2,1-2H3,(H,20,21)/b14-10+. The van der Waals surface area contributed by atoms with Crippen LogP contribution in [0.25, 0.3) is 6.08 Å². The van der Waals surface area contributed by atoms with Crippen LogP contribution in [0.5, 0.6) is 11.5 Å². The Morgan fingerprint density at radius 3 is 2.74 bits per heavy atom. The summed E-state index contributed by atoms with van der Waals surface area (Å²) < 4.78 is 11.2. The Morgan fingerprint density at radius 1 is 1.35 bits per heavy atom. The van der Waals surface area contributed by atoms with Crippen LogP contribution in [0.1, 0.15) is 38.7 Å². The van der Waals surface area contributed by atoms with Gasteiger partial charge in [-0.25, -0.2) is 0 Å². The lowest BCUT2D eigenvalue weighted by Gasteiger charge is -2.12. The fourth-order valence-electron chi connectivity index (χ4n) is 2.02. The molecule has 1 aromatic rings. The minimum Gasteiger partial charge on any atom is -0.490 e. The third kappa shape index (κ3) is 5.03. The number of hydrogen-bond acceptors (Lipinski definition) is 4. The van der Waals surface area contributed by atoms with Gasteiger partial charge in [-0.15, -0.1) is 0 Å². The highest BCUT2D eigenvalue weighted by atomic mass is 16.5. The topological polar surface area (TPSA) is 71.3 Å². The summed E-state index contributed by atoms with van der Waals surface area (Å²) >= 11 is 0. The fraction of sp³-hybridized carbons (Fsp3) is 0.444. The Kier molecular flexibility index (Phi) is 6.04. The molecular formula is C18H22N2O3.